The van der Waals surface area contributed by atoms with Crippen LogP contribution in [0.5, 0.6) is 5.75 Å². The highest BCUT2D eigenvalue weighted by atomic mass is 16.4. The highest BCUT2D eigenvalue weighted by molar-refractivity contribution is 5.69. The van der Waals surface area contributed by atoms with E-state index in [2.05, 4.69) is 0 Å². The number of rotatable bonds is 2. The Morgan fingerprint density at radius 2 is 2.00 bits per heavy atom. The number of phenolic OH excluding ortho intramolecular Hbond substituents is 1. The molecule has 2 atom stereocenters. The SMILES string of the molecule is O=C([O-])[C@@H]1C[NH2+]C[C@H]1c1ccc(O)cc1. The topological polar surface area (TPSA) is 77.0 Å². The van der Waals surface area contributed by atoms with Gasteiger partial charge >= 0.3 is 0 Å². The van der Waals surface area contributed by atoms with Gasteiger partial charge in [-0.1, -0.05) is 12.1 Å². The monoisotopic (exact) mass is 207 g/mol. The van der Waals surface area contributed by atoms with E-state index in [1.165, 1.54) is 0 Å². The first-order valence-corrected chi connectivity index (χ1v) is 5.00. The first-order chi connectivity index (χ1) is 7.18. The summed E-state index contributed by atoms with van der Waals surface area (Å²) in [6.07, 6.45) is 0. The standard InChI is InChI=1S/C11H13NO3/c13-8-3-1-7(2-4-8)9-5-12-6-10(9)11(14)15/h1-4,9-10,12-13H,5-6H2,(H,14,15)/t9-,10+/m0/s1. The van der Waals surface area contributed by atoms with Gasteiger partial charge in [0.05, 0.1) is 25.0 Å². The van der Waals surface area contributed by atoms with Crippen molar-refractivity contribution in [2.45, 2.75) is 5.92 Å². The molecule has 1 aromatic rings. The second-order valence-electron chi connectivity index (χ2n) is 3.88. The van der Waals surface area contributed by atoms with Crippen LogP contribution in [-0.2, 0) is 4.79 Å². The molecule has 1 fully saturated rings. The van der Waals surface area contributed by atoms with E-state index in [9.17, 15) is 9.90 Å². The number of carboxylic acid groups (broad SMARTS) is 1. The van der Waals surface area contributed by atoms with E-state index in [0.717, 1.165) is 12.1 Å². The molecule has 3 N–H and O–H groups in total. The number of carbonyl (C=O) groups is 1. The molecule has 0 aliphatic carbocycles. The van der Waals surface area contributed by atoms with Crippen molar-refractivity contribution in [3.05, 3.63) is 29.8 Å². The second-order valence-corrected chi connectivity index (χ2v) is 3.88. The fourth-order valence-electron chi connectivity index (χ4n) is 2.13. The summed E-state index contributed by atoms with van der Waals surface area (Å²) < 4.78 is 0. The van der Waals surface area contributed by atoms with Crippen LogP contribution in [0.2, 0.25) is 0 Å². The van der Waals surface area contributed by atoms with Gasteiger partial charge in [0.1, 0.15) is 5.75 Å². The Morgan fingerprint density at radius 3 is 2.60 bits per heavy atom. The predicted molar refractivity (Wildman–Crippen MR) is 51.0 cm³/mol. The highest BCUT2D eigenvalue weighted by Gasteiger charge is 2.32. The summed E-state index contributed by atoms with van der Waals surface area (Å²) in [6.45, 7) is 1.34. The lowest BCUT2D eigenvalue weighted by Gasteiger charge is -2.16. The minimum atomic E-state index is -0.984. The van der Waals surface area contributed by atoms with Crippen LogP contribution in [0.1, 0.15) is 11.5 Å². The Labute approximate surface area is 87.6 Å². The van der Waals surface area contributed by atoms with Crippen LogP contribution in [0.3, 0.4) is 0 Å². The zero-order valence-corrected chi connectivity index (χ0v) is 8.22. The van der Waals surface area contributed by atoms with Gasteiger partial charge in [-0.3, -0.25) is 0 Å². The lowest BCUT2D eigenvalue weighted by atomic mass is 9.89. The molecule has 4 heteroatoms. The minimum absolute atomic E-state index is 0.00407. The third kappa shape index (κ3) is 1.94. The molecule has 80 valence electrons. The molecule has 1 aliphatic rings. The van der Waals surface area contributed by atoms with E-state index in [0.29, 0.717) is 6.54 Å². The maximum absolute atomic E-state index is 10.9. The molecule has 0 radical (unpaired) electrons. The molecule has 15 heavy (non-hydrogen) atoms. The van der Waals surface area contributed by atoms with Gasteiger partial charge in [0.2, 0.25) is 0 Å². The quantitative estimate of drug-likeness (QED) is 0.614. The van der Waals surface area contributed by atoms with E-state index >= 15 is 0 Å². The molecule has 1 aromatic carbocycles. The molecule has 1 heterocycles. The summed E-state index contributed by atoms with van der Waals surface area (Å²) in [4.78, 5) is 10.9. The van der Waals surface area contributed by atoms with Crippen molar-refractivity contribution in [2.75, 3.05) is 13.1 Å². The van der Waals surface area contributed by atoms with Crippen molar-refractivity contribution in [3.8, 4) is 5.75 Å². The molecule has 4 nitrogen and oxygen atoms in total. The molecule has 0 spiro atoms. The van der Waals surface area contributed by atoms with E-state index in [1.807, 2.05) is 5.32 Å². The van der Waals surface area contributed by atoms with Crippen molar-refractivity contribution >= 4 is 5.97 Å². The van der Waals surface area contributed by atoms with Crippen molar-refractivity contribution in [1.29, 1.82) is 0 Å². The molecule has 0 aromatic heterocycles. The van der Waals surface area contributed by atoms with E-state index in [-0.39, 0.29) is 11.7 Å². The van der Waals surface area contributed by atoms with Crippen LogP contribution in [0.15, 0.2) is 24.3 Å². The molecule has 0 saturated carbocycles. The number of aromatic hydroxyl groups is 1. The lowest BCUT2D eigenvalue weighted by Crippen LogP contribution is -2.81. The maximum atomic E-state index is 10.9. The van der Waals surface area contributed by atoms with Crippen LogP contribution >= 0.6 is 0 Å². The third-order valence-electron chi connectivity index (χ3n) is 2.95. The first kappa shape index (κ1) is 9.98. The van der Waals surface area contributed by atoms with Crippen LogP contribution in [-0.4, -0.2) is 24.2 Å². The number of benzene rings is 1. The second kappa shape index (κ2) is 3.90. The van der Waals surface area contributed by atoms with E-state index < -0.39 is 11.9 Å². The highest BCUT2D eigenvalue weighted by Crippen LogP contribution is 2.26. The Balaban J connectivity index is 2.22. The van der Waals surface area contributed by atoms with Gasteiger partial charge in [0, 0.05) is 5.92 Å². The molecule has 1 saturated heterocycles. The number of carbonyl (C=O) groups excluding carboxylic acids is 1. The molecule has 0 unspecified atom stereocenters. The van der Waals surface area contributed by atoms with Gasteiger partial charge < -0.3 is 20.3 Å². The summed E-state index contributed by atoms with van der Waals surface area (Å²) in [5.74, 6) is -1.21. The van der Waals surface area contributed by atoms with Crippen LogP contribution < -0.4 is 10.4 Å². The molecule has 0 amide bonds. The van der Waals surface area contributed by atoms with E-state index in [4.69, 9.17) is 5.11 Å². The number of aliphatic carboxylic acids is 1. The summed E-state index contributed by atoms with van der Waals surface area (Å²) in [7, 11) is 0. The molecule has 2 rings (SSSR count). The number of carboxylic acids is 1. The van der Waals surface area contributed by atoms with Crippen LogP contribution in [0.25, 0.3) is 0 Å². The van der Waals surface area contributed by atoms with Crippen LogP contribution in [0.4, 0.5) is 0 Å². The number of hydrogen-bond donors (Lipinski definition) is 2. The van der Waals surface area contributed by atoms with Crippen molar-refractivity contribution < 1.29 is 20.3 Å². The van der Waals surface area contributed by atoms with Gasteiger partial charge in [-0.2, -0.15) is 0 Å². The van der Waals surface area contributed by atoms with Gasteiger partial charge in [-0.05, 0) is 17.7 Å². The fourth-order valence-corrected chi connectivity index (χ4v) is 2.13. The first-order valence-electron chi connectivity index (χ1n) is 5.00. The number of nitrogens with two attached hydrogens (primary N) is 1. The smallest absolute Gasteiger partial charge is 0.115 e. The maximum Gasteiger partial charge on any atom is 0.115 e. The summed E-state index contributed by atoms with van der Waals surface area (Å²) in [5.41, 5.74) is 0.954. The average molecular weight is 207 g/mol. The average Bonchev–Trinajstić information content (AvgIpc) is 2.67. The normalized spacial score (nSPS) is 25.3. The van der Waals surface area contributed by atoms with E-state index in [1.54, 1.807) is 24.3 Å². The summed E-state index contributed by atoms with van der Waals surface area (Å²) in [5, 5.41) is 22.0. The van der Waals surface area contributed by atoms with Gasteiger partial charge in [-0.15, -0.1) is 0 Å². The Morgan fingerprint density at radius 1 is 1.33 bits per heavy atom. The zero-order chi connectivity index (χ0) is 10.8. The molecular weight excluding hydrogens is 194 g/mol. The largest absolute Gasteiger partial charge is 0.550 e. The Hall–Kier alpha value is -1.55. The fraction of sp³-hybridized carbons (Fsp3) is 0.364. The molecular formula is C11H13NO3. The van der Waals surface area contributed by atoms with Gasteiger partial charge in [0.25, 0.3) is 0 Å². The van der Waals surface area contributed by atoms with Gasteiger partial charge in [0.15, 0.2) is 0 Å². The van der Waals surface area contributed by atoms with Crippen molar-refractivity contribution in [3.63, 3.8) is 0 Å². The van der Waals surface area contributed by atoms with Gasteiger partial charge in [-0.25, -0.2) is 0 Å². The van der Waals surface area contributed by atoms with Crippen LogP contribution in [0, 0.1) is 5.92 Å². The lowest BCUT2D eigenvalue weighted by molar-refractivity contribution is -0.638. The van der Waals surface area contributed by atoms with Crippen molar-refractivity contribution in [1.82, 2.24) is 0 Å². The Bertz CT molecular complexity index is 361. The number of quaternary nitrogens is 1. The minimum Gasteiger partial charge on any atom is -0.550 e. The predicted octanol–water partition coefficient (Wildman–Crippen LogP) is -1.58. The third-order valence-corrected chi connectivity index (χ3v) is 2.95. The number of phenols is 1. The molecule has 0 bridgehead atoms. The zero-order valence-electron chi connectivity index (χ0n) is 8.22. The Kier molecular flexibility index (Phi) is 2.60. The summed E-state index contributed by atoms with van der Waals surface area (Å²) >= 11 is 0. The van der Waals surface area contributed by atoms with Crippen molar-refractivity contribution in [2.24, 2.45) is 5.92 Å². The summed E-state index contributed by atoms with van der Waals surface area (Å²) in [6, 6.07) is 6.71. The molecule has 1 aliphatic heterocycles. The number of hydrogen-bond acceptors (Lipinski definition) is 3.